The van der Waals surface area contributed by atoms with E-state index in [1.54, 1.807) is 4.90 Å². The SMILES string of the molecule is CN1CCn2nc(C(=O)N3CC(O)C3)cc2C1. The van der Waals surface area contributed by atoms with Gasteiger partial charge in [0.15, 0.2) is 5.69 Å². The molecule has 3 rings (SSSR count). The summed E-state index contributed by atoms with van der Waals surface area (Å²) >= 11 is 0. The van der Waals surface area contributed by atoms with Crippen LogP contribution in [0, 0.1) is 0 Å². The van der Waals surface area contributed by atoms with Crippen molar-refractivity contribution in [2.24, 2.45) is 0 Å². The summed E-state index contributed by atoms with van der Waals surface area (Å²) in [5.41, 5.74) is 1.59. The average Bonchev–Trinajstić information content (AvgIpc) is 2.66. The first-order valence-corrected chi connectivity index (χ1v) is 5.86. The molecule has 17 heavy (non-hydrogen) atoms. The van der Waals surface area contributed by atoms with Gasteiger partial charge in [-0.25, -0.2) is 0 Å². The van der Waals surface area contributed by atoms with Crippen molar-refractivity contribution in [3.63, 3.8) is 0 Å². The van der Waals surface area contributed by atoms with Crippen LogP contribution in [0.3, 0.4) is 0 Å². The van der Waals surface area contributed by atoms with Gasteiger partial charge in [0.05, 0.1) is 18.3 Å². The molecule has 1 aromatic rings. The second-order valence-corrected chi connectivity index (χ2v) is 4.85. The van der Waals surface area contributed by atoms with Gasteiger partial charge in [-0.2, -0.15) is 5.10 Å². The smallest absolute Gasteiger partial charge is 0.274 e. The number of carbonyl (C=O) groups excluding carboxylic acids is 1. The van der Waals surface area contributed by atoms with Crippen LogP contribution in [0.5, 0.6) is 0 Å². The number of aliphatic hydroxyl groups is 1. The van der Waals surface area contributed by atoms with Crippen LogP contribution in [0.25, 0.3) is 0 Å². The highest BCUT2D eigenvalue weighted by Crippen LogP contribution is 2.16. The molecule has 0 spiro atoms. The van der Waals surface area contributed by atoms with Crippen molar-refractivity contribution in [2.75, 3.05) is 26.7 Å². The number of fused-ring (bicyclic) bond motifs is 1. The van der Waals surface area contributed by atoms with Crippen molar-refractivity contribution in [3.8, 4) is 0 Å². The first kappa shape index (κ1) is 10.7. The molecule has 6 heteroatoms. The molecule has 92 valence electrons. The Morgan fingerprint density at radius 2 is 2.24 bits per heavy atom. The lowest BCUT2D eigenvalue weighted by molar-refractivity contribution is 0.00544. The van der Waals surface area contributed by atoms with Gasteiger partial charge in [0, 0.05) is 26.2 Å². The minimum Gasteiger partial charge on any atom is -0.389 e. The molecular formula is C11H16N4O2. The highest BCUT2D eigenvalue weighted by atomic mass is 16.3. The molecule has 6 nitrogen and oxygen atoms in total. The van der Waals surface area contributed by atoms with Crippen LogP contribution in [0.1, 0.15) is 16.2 Å². The lowest BCUT2D eigenvalue weighted by Gasteiger charge is -2.35. The van der Waals surface area contributed by atoms with Crippen molar-refractivity contribution >= 4 is 5.91 Å². The molecule has 1 amide bonds. The summed E-state index contributed by atoms with van der Waals surface area (Å²) in [6.07, 6.45) is -0.359. The highest BCUT2D eigenvalue weighted by Gasteiger charge is 2.31. The van der Waals surface area contributed by atoms with E-state index in [-0.39, 0.29) is 12.0 Å². The Morgan fingerprint density at radius 3 is 2.94 bits per heavy atom. The highest BCUT2D eigenvalue weighted by molar-refractivity contribution is 5.93. The Hall–Kier alpha value is -1.40. The fourth-order valence-corrected chi connectivity index (χ4v) is 2.29. The third kappa shape index (κ3) is 1.83. The van der Waals surface area contributed by atoms with Crippen LogP contribution in [-0.2, 0) is 13.1 Å². The summed E-state index contributed by atoms with van der Waals surface area (Å²) in [4.78, 5) is 15.8. The van der Waals surface area contributed by atoms with Crippen LogP contribution in [0.2, 0.25) is 0 Å². The van der Waals surface area contributed by atoms with Crippen LogP contribution in [0.15, 0.2) is 6.07 Å². The number of rotatable bonds is 1. The Balaban J connectivity index is 1.78. The Morgan fingerprint density at radius 1 is 1.47 bits per heavy atom. The van der Waals surface area contributed by atoms with Crippen LogP contribution >= 0.6 is 0 Å². The molecule has 0 aromatic carbocycles. The topological polar surface area (TPSA) is 61.6 Å². The van der Waals surface area contributed by atoms with Gasteiger partial charge in [-0.05, 0) is 13.1 Å². The zero-order valence-corrected chi connectivity index (χ0v) is 9.83. The van der Waals surface area contributed by atoms with Crippen molar-refractivity contribution in [3.05, 3.63) is 17.5 Å². The van der Waals surface area contributed by atoms with Crippen molar-refractivity contribution in [2.45, 2.75) is 19.2 Å². The normalized spacial score (nSPS) is 21.2. The molecule has 1 fully saturated rings. The lowest BCUT2D eigenvalue weighted by Crippen LogP contribution is -2.53. The Labute approximate surface area is 99.4 Å². The summed E-state index contributed by atoms with van der Waals surface area (Å²) in [5.74, 6) is -0.0696. The fraction of sp³-hybridized carbons (Fsp3) is 0.636. The van der Waals surface area contributed by atoms with Crippen molar-refractivity contribution in [1.29, 1.82) is 0 Å². The summed E-state index contributed by atoms with van der Waals surface area (Å²) in [7, 11) is 2.06. The second-order valence-electron chi connectivity index (χ2n) is 4.85. The van der Waals surface area contributed by atoms with Crippen LogP contribution in [-0.4, -0.2) is 63.4 Å². The van der Waals surface area contributed by atoms with E-state index in [4.69, 9.17) is 0 Å². The maximum atomic E-state index is 12.0. The third-order valence-electron chi connectivity index (χ3n) is 3.36. The van der Waals surface area contributed by atoms with Gasteiger partial charge in [0.2, 0.25) is 0 Å². The monoisotopic (exact) mass is 236 g/mol. The molecule has 1 aromatic heterocycles. The number of β-amino-alcohol motifs (C(OH)–C–C–N with tert-alkyl or cyclic N) is 1. The first-order valence-electron chi connectivity index (χ1n) is 5.86. The summed E-state index contributed by atoms with van der Waals surface area (Å²) < 4.78 is 1.91. The molecule has 0 bridgehead atoms. The minimum absolute atomic E-state index is 0.0696. The molecule has 2 aliphatic rings. The first-order chi connectivity index (χ1) is 8.13. The predicted octanol–water partition coefficient (Wildman–Crippen LogP) is -0.855. The molecule has 0 saturated carbocycles. The fourth-order valence-electron chi connectivity index (χ4n) is 2.29. The second kappa shape index (κ2) is 3.82. The van der Waals surface area contributed by atoms with Gasteiger partial charge in [0.25, 0.3) is 5.91 Å². The summed E-state index contributed by atoms with van der Waals surface area (Å²) in [6, 6.07) is 1.86. The van der Waals surface area contributed by atoms with E-state index in [0.29, 0.717) is 18.8 Å². The Kier molecular flexibility index (Phi) is 2.41. The number of amides is 1. The molecule has 0 radical (unpaired) electrons. The zero-order chi connectivity index (χ0) is 12.0. The number of likely N-dealkylation sites (N-methyl/N-ethyl adjacent to an activating group) is 1. The number of carbonyl (C=O) groups is 1. The van der Waals surface area contributed by atoms with E-state index in [1.807, 2.05) is 10.7 Å². The van der Waals surface area contributed by atoms with Gasteiger partial charge in [-0.3, -0.25) is 14.4 Å². The minimum atomic E-state index is -0.359. The van der Waals surface area contributed by atoms with Crippen LogP contribution in [0.4, 0.5) is 0 Å². The average molecular weight is 236 g/mol. The van der Waals surface area contributed by atoms with Gasteiger partial charge in [-0.15, -0.1) is 0 Å². The van der Waals surface area contributed by atoms with Gasteiger partial charge in [-0.1, -0.05) is 0 Å². The van der Waals surface area contributed by atoms with E-state index in [2.05, 4.69) is 17.0 Å². The third-order valence-corrected chi connectivity index (χ3v) is 3.36. The largest absolute Gasteiger partial charge is 0.389 e. The number of nitrogens with zero attached hydrogens (tertiary/aromatic N) is 4. The molecule has 1 N–H and O–H groups in total. The van der Waals surface area contributed by atoms with E-state index in [0.717, 1.165) is 25.3 Å². The predicted molar refractivity (Wildman–Crippen MR) is 60.5 cm³/mol. The maximum absolute atomic E-state index is 12.0. The van der Waals surface area contributed by atoms with E-state index in [9.17, 15) is 9.90 Å². The maximum Gasteiger partial charge on any atom is 0.274 e. The number of aliphatic hydroxyl groups excluding tert-OH is 1. The Bertz CT molecular complexity index is 450. The molecular weight excluding hydrogens is 220 g/mol. The molecule has 2 aliphatic heterocycles. The molecule has 3 heterocycles. The van der Waals surface area contributed by atoms with Crippen LogP contribution < -0.4 is 0 Å². The van der Waals surface area contributed by atoms with Gasteiger partial charge >= 0.3 is 0 Å². The number of hydrogen-bond acceptors (Lipinski definition) is 4. The number of aromatic nitrogens is 2. The van der Waals surface area contributed by atoms with Gasteiger partial charge in [0.1, 0.15) is 0 Å². The summed E-state index contributed by atoms with van der Waals surface area (Å²) in [5, 5.41) is 13.5. The molecule has 0 aliphatic carbocycles. The van der Waals surface area contributed by atoms with E-state index < -0.39 is 0 Å². The summed E-state index contributed by atoms with van der Waals surface area (Å²) in [6.45, 7) is 3.50. The van der Waals surface area contributed by atoms with E-state index >= 15 is 0 Å². The lowest BCUT2D eigenvalue weighted by atomic mass is 10.1. The zero-order valence-electron chi connectivity index (χ0n) is 9.83. The van der Waals surface area contributed by atoms with Crippen molar-refractivity contribution < 1.29 is 9.90 Å². The van der Waals surface area contributed by atoms with Gasteiger partial charge < -0.3 is 10.0 Å². The quantitative estimate of drug-likeness (QED) is 0.689. The standard InChI is InChI=1S/C11H16N4O2/c1-13-2-3-15-8(5-13)4-10(12-15)11(17)14-6-9(16)7-14/h4,9,16H,2-3,5-7H2,1H3. The number of hydrogen-bond donors (Lipinski definition) is 1. The number of likely N-dealkylation sites (tertiary alicyclic amines) is 1. The van der Waals surface area contributed by atoms with E-state index in [1.165, 1.54) is 0 Å². The molecule has 0 unspecified atom stereocenters. The van der Waals surface area contributed by atoms with Crippen molar-refractivity contribution in [1.82, 2.24) is 19.6 Å². The molecule has 1 saturated heterocycles. The molecule has 0 atom stereocenters.